The van der Waals surface area contributed by atoms with E-state index in [4.69, 9.17) is 21.4 Å². The summed E-state index contributed by atoms with van der Waals surface area (Å²) in [5.41, 5.74) is 0.980. The van der Waals surface area contributed by atoms with Crippen LogP contribution in [0.25, 0.3) is 0 Å². The molecular weight excluding hydrogens is 378 g/mol. The third kappa shape index (κ3) is 5.32. The Morgan fingerprint density at radius 2 is 1.85 bits per heavy atom. The van der Waals surface area contributed by atoms with Crippen LogP contribution in [-0.4, -0.2) is 18.9 Å². The molecule has 0 aromatic heterocycles. The average molecular weight is 392 g/mol. The van der Waals surface area contributed by atoms with E-state index in [1.54, 1.807) is 30.3 Å². The van der Waals surface area contributed by atoms with Gasteiger partial charge in [-0.05, 0) is 35.9 Å². The minimum atomic E-state index is -4.28. The Bertz CT molecular complexity index is 980. The van der Waals surface area contributed by atoms with Gasteiger partial charge in [-0.15, -0.1) is 0 Å². The van der Waals surface area contributed by atoms with E-state index in [0.717, 1.165) is 0 Å². The molecule has 0 bridgehead atoms. The van der Waals surface area contributed by atoms with E-state index in [0.29, 0.717) is 16.3 Å². The van der Waals surface area contributed by atoms with Gasteiger partial charge < -0.3 is 10.6 Å². The van der Waals surface area contributed by atoms with Crippen LogP contribution < -0.4 is 10.6 Å². The molecule has 7 nitrogen and oxygen atoms in total. The van der Waals surface area contributed by atoms with E-state index >= 15 is 0 Å². The summed E-state index contributed by atoms with van der Waals surface area (Å²) in [6.45, 7) is 0.167. The Hall–Kier alpha value is -2.86. The summed E-state index contributed by atoms with van der Waals surface area (Å²) in [6.07, 6.45) is 1.20. The van der Waals surface area contributed by atoms with Crippen molar-refractivity contribution in [3.63, 3.8) is 0 Å². The highest BCUT2D eigenvalue weighted by molar-refractivity contribution is 7.85. The minimum absolute atomic E-state index is 0.167. The summed E-state index contributed by atoms with van der Waals surface area (Å²) >= 11 is 6.00. The summed E-state index contributed by atoms with van der Waals surface area (Å²) in [6, 6.07) is 13.9. The van der Waals surface area contributed by atoms with Crippen LogP contribution >= 0.6 is 11.6 Å². The molecule has 134 valence electrons. The van der Waals surface area contributed by atoms with Crippen molar-refractivity contribution < 1.29 is 17.8 Å². The molecule has 0 spiro atoms. The molecule has 0 atom stereocenters. The number of halogens is 1. The molecule has 3 N–H and O–H groups in total. The van der Waals surface area contributed by atoms with Gasteiger partial charge in [0.15, 0.2) is 0 Å². The van der Waals surface area contributed by atoms with Gasteiger partial charge in [-0.1, -0.05) is 29.8 Å². The van der Waals surface area contributed by atoms with Crippen LogP contribution in [-0.2, 0) is 21.5 Å². The second-order valence-corrected chi connectivity index (χ2v) is 6.92. The SMILES string of the molecule is N#C/C(=C/Nc1ccc(S(=O)(=O)O)cc1)C(=O)NCc1ccccc1Cl. The molecule has 0 aliphatic heterocycles. The predicted octanol–water partition coefficient (Wildman–Crippen LogP) is 2.72. The Morgan fingerprint density at radius 3 is 2.42 bits per heavy atom. The summed E-state index contributed by atoms with van der Waals surface area (Å²) in [7, 11) is -4.28. The van der Waals surface area contributed by atoms with Crippen LogP contribution in [0.4, 0.5) is 5.69 Å². The first-order valence-corrected chi connectivity index (χ1v) is 9.09. The molecule has 26 heavy (non-hydrogen) atoms. The molecule has 2 rings (SSSR count). The number of nitriles is 1. The van der Waals surface area contributed by atoms with Crippen LogP contribution in [0.3, 0.4) is 0 Å². The molecule has 1 amide bonds. The van der Waals surface area contributed by atoms with Crippen LogP contribution in [0, 0.1) is 11.3 Å². The summed E-state index contributed by atoms with van der Waals surface area (Å²) in [5.74, 6) is -0.588. The second kappa shape index (κ2) is 8.49. The largest absolute Gasteiger partial charge is 0.360 e. The van der Waals surface area contributed by atoms with E-state index in [1.165, 1.54) is 30.5 Å². The highest BCUT2D eigenvalue weighted by atomic mass is 35.5. The van der Waals surface area contributed by atoms with Crippen molar-refractivity contribution in [3.05, 3.63) is 70.9 Å². The van der Waals surface area contributed by atoms with Crippen molar-refractivity contribution in [1.29, 1.82) is 5.26 Å². The highest BCUT2D eigenvalue weighted by Gasteiger charge is 2.10. The molecule has 0 aliphatic rings. The van der Waals surface area contributed by atoms with Gasteiger partial charge in [0.05, 0.1) is 4.90 Å². The lowest BCUT2D eigenvalue weighted by molar-refractivity contribution is -0.117. The molecule has 0 radical (unpaired) electrons. The average Bonchev–Trinajstić information content (AvgIpc) is 2.61. The lowest BCUT2D eigenvalue weighted by Crippen LogP contribution is -2.24. The molecule has 2 aromatic carbocycles. The van der Waals surface area contributed by atoms with Crippen molar-refractivity contribution >= 4 is 33.3 Å². The molecule has 0 saturated heterocycles. The predicted molar refractivity (Wildman–Crippen MR) is 96.9 cm³/mol. The number of rotatable bonds is 6. The van der Waals surface area contributed by atoms with Gasteiger partial charge in [-0.3, -0.25) is 9.35 Å². The maximum Gasteiger partial charge on any atom is 0.294 e. The number of nitrogens with one attached hydrogen (secondary N) is 2. The Morgan fingerprint density at radius 1 is 1.19 bits per heavy atom. The number of anilines is 1. The van der Waals surface area contributed by atoms with E-state index in [-0.39, 0.29) is 17.0 Å². The first-order chi connectivity index (χ1) is 12.3. The lowest BCUT2D eigenvalue weighted by atomic mass is 10.2. The third-order valence-electron chi connectivity index (χ3n) is 3.30. The van der Waals surface area contributed by atoms with Gasteiger partial charge in [0.25, 0.3) is 16.0 Å². The van der Waals surface area contributed by atoms with Gasteiger partial charge in [-0.25, -0.2) is 0 Å². The number of carbonyl (C=O) groups excluding carboxylic acids is 1. The summed E-state index contributed by atoms with van der Waals surface area (Å²) in [5, 5.41) is 14.9. The van der Waals surface area contributed by atoms with Crippen molar-refractivity contribution in [2.24, 2.45) is 0 Å². The number of amides is 1. The molecule has 0 saturated carbocycles. The highest BCUT2D eigenvalue weighted by Crippen LogP contribution is 2.15. The smallest absolute Gasteiger partial charge is 0.294 e. The molecule has 0 unspecified atom stereocenters. The number of nitrogens with zero attached hydrogens (tertiary/aromatic N) is 1. The first-order valence-electron chi connectivity index (χ1n) is 7.27. The van der Waals surface area contributed by atoms with E-state index in [2.05, 4.69) is 10.6 Å². The molecule has 0 fully saturated rings. The van der Waals surface area contributed by atoms with E-state index < -0.39 is 16.0 Å². The number of hydrogen-bond acceptors (Lipinski definition) is 5. The Balaban J connectivity index is 2.02. The molecule has 9 heteroatoms. The van der Waals surface area contributed by atoms with Crippen molar-refractivity contribution in [3.8, 4) is 6.07 Å². The molecule has 2 aromatic rings. The lowest BCUT2D eigenvalue weighted by Gasteiger charge is -2.07. The number of carbonyl (C=O) groups is 1. The number of benzene rings is 2. The van der Waals surface area contributed by atoms with Crippen LogP contribution in [0.15, 0.2) is 65.2 Å². The quantitative estimate of drug-likeness (QED) is 0.395. The fourth-order valence-electron chi connectivity index (χ4n) is 1.94. The third-order valence-corrected chi connectivity index (χ3v) is 4.53. The molecular formula is C17H14ClN3O4S. The summed E-state index contributed by atoms with van der Waals surface area (Å²) < 4.78 is 30.9. The fourth-order valence-corrected chi connectivity index (χ4v) is 2.62. The van der Waals surface area contributed by atoms with Crippen molar-refractivity contribution in [2.75, 3.05) is 5.32 Å². The maximum absolute atomic E-state index is 12.1. The monoisotopic (exact) mass is 391 g/mol. The molecule has 0 aliphatic carbocycles. The second-order valence-electron chi connectivity index (χ2n) is 5.09. The van der Waals surface area contributed by atoms with Crippen molar-refractivity contribution in [2.45, 2.75) is 11.4 Å². The van der Waals surface area contributed by atoms with Gasteiger partial charge in [-0.2, -0.15) is 13.7 Å². The Labute approximate surface area is 155 Å². The zero-order valence-corrected chi connectivity index (χ0v) is 14.9. The maximum atomic E-state index is 12.1. The van der Waals surface area contributed by atoms with Crippen LogP contribution in [0.1, 0.15) is 5.56 Å². The summed E-state index contributed by atoms with van der Waals surface area (Å²) in [4.78, 5) is 11.8. The molecule has 0 heterocycles. The fraction of sp³-hybridized carbons (Fsp3) is 0.0588. The standard InChI is InChI=1S/C17H14ClN3O4S/c18-16-4-2-1-3-12(16)10-21-17(22)13(9-19)11-20-14-5-7-15(8-6-14)26(23,24)25/h1-8,11,20H,10H2,(H,21,22)(H,23,24,25)/b13-11-. The zero-order chi connectivity index (χ0) is 19.2. The zero-order valence-electron chi connectivity index (χ0n) is 13.3. The normalized spacial score (nSPS) is 11.5. The van der Waals surface area contributed by atoms with Gasteiger partial charge in [0, 0.05) is 23.5 Å². The van der Waals surface area contributed by atoms with Gasteiger partial charge in [0.2, 0.25) is 0 Å². The van der Waals surface area contributed by atoms with E-state index in [1.807, 2.05) is 0 Å². The van der Waals surface area contributed by atoms with Crippen LogP contribution in [0.5, 0.6) is 0 Å². The first kappa shape index (κ1) is 19.5. The topological polar surface area (TPSA) is 119 Å². The minimum Gasteiger partial charge on any atom is -0.360 e. The van der Waals surface area contributed by atoms with Crippen molar-refractivity contribution in [1.82, 2.24) is 5.32 Å². The van der Waals surface area contributed by atoms with Crippen LogP contribution in [0.2, 0.25) is 5.02 Å². The van der Waals surface area contributed by atoms with E-state index in [9.17, 15) is 13.2 Å². The van der Waals surface area contributed by atoms with Gasteiger partial charge in [0.1, 0.15) is 11.6 Å². The van der Waals surface area contributed by atoms with Gasteiger partial charge >= 0.3 is 0 Å². The Kier molecular flexibility index (Phi) is 6.36. The number of hydrogen-bond donors (Lipinski definition) is 3.